The lowest BCUT2D eigenvalue weighted by Gasteiger charge is -2.10. The highest BCUT2D eigenvalue weighted by molar-refractivity contribution is 6.08. The van der Waals surface area contributed by atoms with Crippen LogP contribution in [0.1, 0.15) is 0 Å². The summed E-state index contributed by atoms with van der Waals surface area (Å²) in [7, 11) is 0. The van der Waals surface area contributed by atoms with Crippen molar-refractivity contribution in [1.29, 1.82) is 0 Å². The molecule has 0 radical (unpaired) electrons. The molecule has 0 aliphatic rings. The summed E-state index contributed by atoms with van der Waals surface area (Å²) in [6.07, 6.45) is 0. The first-order valence-electron chi connectivity index (χ1n) is 9.98. The molecule has 1 N–H and O–H groups in total. The molecule has 0 spiro atoms. The van der Waals surface area contributed by atoms with Crippen LogP contribution >= 0.6 is 0 Å². The average Bonchev–Trinajstić information content (AvgIpc) is 3.13. The molecular weight excluding hydrogens is 368 g/mol. The summed E-state index contributed by atoms with van der Waals surface area (Å²) in [4.78, 5) is 5.05. The molecule has 2 aromatic heterocycles. The van der Waals surface area contributed by atoms with Gasteiger partial charge in [-0.05, 0) is 47.2 Å². The Hall–Kier alpha value is -4.11. The third-order valence-corrected chi connectivity index (χ3v) is 5.69. The Bertz CT molecular complexity index is 1550. The Morgan fingerprint density at radius 1 is 0.600 bits per heavy atom. The van der Waals surface area contributed by atoms with Crippen LogP contribution in [-0.4, -0.2) is 14.7 Å². The van der Waals surface area contributed by atoms with Gasteiger partial charge in [0.2, 0.25) is 0 Å². The van der Waals surface area contributed by atoms with Crippen molar-refractivity contribution in [3.05, 3.63) is 103 Å². The molecule has 142 valence electrons. The van der Waals surface area contributed by atoms with E-state index in [0.717, 1.165) is 49.7 Å². The highest BCUT2D eigenvalue weighted by atomic mass is 16.3. The summed E-state index contributed by atoms with van der Waals surface area (Å²) < 4.78 is 2.24. The predicted molar refractivity (Wildman–Crippen MR) is 123 cm³/mol. The predicted octanol–water partition coefficient (Wildman–Crippen LogP) is 6.70. The van der Waals surface area contributed by atoms with Crippen LogP contribution in [0.25, 0.3) is 49.7 Å². The minimum absolute atomic E-state index is 0.243. The first-order chi connectivity index (χ1) is 14.8. The second-order valence-electron chi connectivity index (χ2n) is 7.43. The highest BCUT2D eigenvalue weighted by Gasteiger charge is 2.16. The second kappa shape index (κ2) is 6.46. The average molecular weight is 386 g/mol. The van der Waals surface area contributed by atoms with Crippen LogP contribution < -0.4 is 0 Å². The fraction of sp³-hybridized carbons (Fsp3) is 0. The third-order valence-electron chi connectivity index (χ3n) is 5.69. The first-order valence-corrected chi connectivity index (χ1v) is 9.98. The van der Waals surface area contributed by atoms with Gasteiger partial charge >= 0.3 is 0 Å². The van der Waals surface area contributed by atoms with E-state index in [1.165, 1.54) is 0 Å². The second-order valence-corrected chi connectivity index (χ2v) is 7.43. The lowest BCUT2D eigenvalue weighted by molar-refractivity contribution is 0.478. The first kappa shape index (κ1) is 16.8. The van der Waals surface area contributed by atoms with Gasteiger partial charge in [0.25, 0.3) is 0 Å². The summed E-state index contributed by atoms with van der Waals surface area (Å²) in [5, 5.41) is 13.9. The SMILES string of the molecule is Oc1ccc2ccccc2c1-c1ccc2c(n1)c1ccccc1n2-c1ccccc1. The van der Waals surface area contributed by atoms with E-state index in [1.807, 2.05) is 54.6 Å². The molecule has 0 aliphatic heterocycles. The Morgan fingerprint density at radius 2 is 1.33 bits per heavy atom. The van der Waals surface area contributed by atoms with Gasteiger partial charge in [-0.2, -0.15) is 0 Å². The monoisotopic (exact) mass is 386 g/mol. The molecule has 6 rings (SSSR count). The summed E-state index contributed by atoms with van der Waals surface area (Å²) in [6.45, 7) is 0. The van der Waals surface area contributed by atoms with Crippen LogP contribution in [0.2, 0.25) is 0 Å². The van der Waals surface area contributed by atoms with E-state index in [1.54, 1.807) is 6.07 Å². The zero-order valence-electron chi connectivity index (χ0n) is 16.2. The normalized spacial score (nSPS) is 11.5. The largest absolute Gasteiger partial charge is 0.507 e. The molecule has 3 heteroatoms. The fourth-order valence-electron chi connectivity index (χ4n) is 4.35. The maximum atomic E-state index is 10.7. The van der Waals surface area contributed by atoms with E-state index < -0.39 is 0 Å². The van der Waals surface area contributed by atoms with Crippen LogP contribution in [0.4, 0.5) is 0 Å². The van der Waals surface area contributed by atoms with Crippen molar-refractivity contribution in [3.63, 3.8) is 0 Å². The van der Waals surface area contributed by atoms with Crippen LogP contribution in [0.5, 0.6) is 5.75 Å². The van der Waals surface area contributed by atoms with Crippen molar-refractivity contribution in [2.24, 2.45) is 0 Å². The van der Waals surface area contributed by atoms with Crippen LogP contribution in [0.3, 0.4) is 0 Å². The Labute approximate surface area is 173 Å². The molecule has 0 aliphatic carbocycles. The van der Waals surface area contributed by atoms with Gasteiger partial charge in [-0.1, -0.05) is 66.7 Å². The molecule has 0 bridgehead atoms. The van der Waals surface area contributed by atoms with Gasteiger partial charge in [-0.15, -0.1) is 0 Å². The molecule has 6 aromatic rings. The third kappa shape index (κ3) is 2.42. The quantitative estimate of drug-likeness (QED) is 0.359. The van der Waals surface area contributed by atoms with Crippen LogP contribution in [0, 0.1) is 0 Å². The minimum atomic E-state index is 0.243. The number of aromatic hydroxyl groups is 1. The van der Waals surface area contributed by atoms with Gasteiger partial charge in [0.15, 0.2) is 0 Å². The fourth-order valence-corrected chi connectivity index (χ4v) is 4.35. The topological polar surface area (TPSA) is 38.1 Å². The maximum absolute atomic E-state index is 10.7. The molecule has 4 aromatic carbocycles. The number of para-hydroxylation sites is 2. The molecule has 0 fully saturated rings. The zero-order chi connectivity index (χ0) is 20.1. The van der Waals surface area contributed by atoms with Crippen molar-refractivity contribution in [2.75, 3.05) is 0 Å². The van der Waals surface area contributed by atoms with Crippen molar-refractivity contribution in [3.8, 4) is 22.7 Å². The van der Waals surface area contributed by atoms with E-state index >= 15 is 0 Å². The molecule has 0 amide bonds. The van der Waals surface area contributed by atoms with Gasteiger partial charge in [0.05, 0.1) is 22.2 Å². The summed E-state index contributed by atoms with van der Waals surface area (Å²) in [5.74, 6) is 0.243. The van der Waals surface area contributed by atoms with Gasteiger partial charge in [-0.25, -0.2) is 4.98 Å². The number of phenols is 1. The lowest BCUT2D eigenvalue weighted by Crippen LogP contribution is -1.93. The van der Waals surface area contributed by atoms with Gasteiger partial charge in [-0.3, -0.25) is 0 Å². The van der Waals surface area contributed by atoms with Crippen molar-refractivity contribution >= 4 is 32.7 Å². The van der Waals surface area contributed by atoms with E-state index in [4.69, 9.17) is 4.98 Å². The maximum Gasteiger partial charge on any atom is 0.125 e. The van der Waals surface area contributed by atoms with Crippen molar-refractivity contribution in [2.45, 2.75) is 0 Å². The molecular formula is C27H18N2O. The van der Waals surface area contributed by atoms with Gasteiger partial charge < -0.3 is 9.67 Å². The van der Waals surface area contributed by atoms with Crippen LogP contribution in [0.15, 0.2) is 103 Å². The minimum Gasteiger partial charge on any atom is -0.507 e. The molecule has 0 atom stereocenters. The number of nitrogens with zero attached hydrogens (tertiary/aromatic N) is 2. The number of fused-ring (bicyclic) bond motifs is 4. The highest BCUT2D eigenvalue weighted by Crippen LogP contribution is 2.38. The van der Waals surface area contributed by atoms with E-state index in [-0.39, 0.29) is 5.75 Å². The number of pyridine rings is 1. The molecule has 3 nitrogen and oxygen atoms in total. The van der Waals surface area contributed by atoms with Crippen molar-refractivity contribution in [1.82, 2.24) is 9.55 Å². The summed E-state index contributed by atoms with van der Waals surface area (Å²) >= 11 is 0. The van der Waals surface area contributed by atoms with Gasteiger partial charge in [0.1, 0.15) is 5.75 Å². The molecule has 0 unspecified atom stereocenters. The van der Waals surface area contributed by atoms with Crippen LogP contribution in [-0.2, 0) is 0 Å². The van der Waals surface area contributed by atoms with E-state index in [9.17, 15) is 5.11 Å². The number of hydrogen-bond donors (Lipinski definition) is 1. The lowest BCUT2D eigenvalue weighted by atomic mass is 10.0. The Morgan fingerprint density at radius 3 is 2.20 bits per heavy atom. The van der Waals surface area contributed by atoms with Gasteiger partial charge in [0, 0.05) is 16.6 Å². The Kier molecular flexibility index (Phi) is 3.62. The number of rotatable bonds is 2. The zero-order valence-corrected chi connectivity index (χ0v) is 16.2. The van der Waals surface area contributed by atoms with E-state index in [2.05, 4.69) is 47.0 Å². The number of hydrogen-bond acceptors (Lipinski definition) is 2. The molecule has 30 heavy (non-hydrogen) atoms. The number of benzene rings is 4. The molecule has 2 heterocycles. The number of aromatic nitrogens is 2. The summed E-state index contributed by atoms with van der Waals surface area (Å²) in [6, 6.07) is 34.5. The Balaban J connectivity index is 1.70. The smallest absolute Gasteiger partial charge is 0.125 e. The van der Waals surface area contributed by atoms with E-state index in [0.29, 0.717) is 0 Å². The standard InChI is InChI=1S/C27H18N2O/c30-25-17-14-18-8-4-5-11-20(18)26(25)22-15-16-24-27(28-22)21-12-6-7-13-23(21)29(24)19-9-2-1-3-10-19/h1-17,30H. The van der Waals surface area contributed by atoms with Crippen molar-refractivity contribution < 1.29 is 5.11 Å². The molecule has 0 saturated carbocycles. The summed E-state index contributed by atoms with van der Waals surface area (Å²) in [5.41, 5.74) is 5.74. The molecule has 0 saturated heterocycles. The number of phenolic OH excluding ortho intramolecular Hbond substituents is 1.